The second-order valence-electron chi connectivity index (χ2n) is 3.91. The zero-order valence-electron chi connectivity index (χ0n) is 8.72. The van der Waals surface area contributed by atoms with Crippen molar-refractivity contribution in [2.24, 2.45) is 0 Å². The third kappa shape index (κ3) is 1.39. The third-order valence-corrected chi connectivity index (χ3v) is 2.92. The molecule has 1 atom stereocenters. The number of hydrogen-bond donors (Lipinski definition) is 0. The molecule has 0 saturated carbocycles. The molecule has 2 nitrogen and oxygen atoms in total. The van der Waals surface area contributed by atoms with E-state index in [1.807, 2.05) is 48.5 Å². The van der Waals surface area contributed by atoms with Gasteiger partial charge in [0, 0.05) is 5.56 Å². The van der Waals surface area contributed by atoms with Gasteiger partial charge >= 0.3 is 0 Å². The highest BCUT2D eigenvalue weighted by atomic mass is 16.5. The van der Waals surface area contributed by atoms with Crippen LogP contribution >= 0.6 is 0 Å². The number of ether oxygens (including phenoxy) is 1. The Kier molecular flexibility index (Phi) is 2.15. The summed E-state index contributed by atoms with van der Waals surface area (Å²) in [7, 11) is 0. The van der Waals surface area contributed by atoms with Crippen LogP contribution in [0.1, 0.15) is 22.8 Å². The van der Waals surface area contributed by atoms with Crippen molar-refractivity contribution in [3.05, 3.63) is 65.2 Å². The first-order chi connectivity index (χ1) is 7.86. The maximum atomic E-state index is 12.3. The van der Waals surface area contributed by atoms with E-state index in [-0.39, 0.29) is 0 Å². The first-order valence-electron chi connectivity index (χ1n) is 5.31. The monoisotopic (exact) mass is 211 g/mol. The summed E-state index contributed by atoms with van der Waals surface area (Å²) < 4.78 is 5.65. The average molecular weight is 211 g/mol. The number of para-hydroxylation sites is 1. The van der Waals surface area contributed by atoms with Gasteiger partial charge in [0.15, 0.2) is 0 Å². The van der Waals surface area contributed by atoms with Crippen LogP contribution in [0.5, 0.6) is 5.75 Å². The minimum Gasteiger partial charge on any atom is -0.488 e. The summed E-state index contributed by atoms with van der Waals surface area (Å²) in [6.07, 6.45) is -0.838. The molecule has 1 unspecified atom stereocenters. The van der Waals surface area contributed by atoms with Gasteiger partial charge in [0.05, 0.1) is 0 Å². The summed E-state index contributed by atoms with van der Waals surface area (Å²) in [5.74, 6) is 0.707. The van der Waals surface area contributed by atoms with Gasteiger partial charge in [0.1, 0.15) is 18.5 Å². The lowest BCUT2D eigenvalue weighted by Gasteiger charge is -2.09. The van der Waals surface area contributed by atoms with E-state index in [4.69, 9.17) is 4.74 Å². The zero-order valence-corrected chi connectivity index (χ0v) is 8.72. The predicted octanol–water partition coefficient (Wildman–Crippen LogP) is 3.10. The fraction of sp³-hybridized carbons (Fsp3) is 0.143. The molecule has 2 aromatic rings. The highest BCUT2D eigenvalue weighted by molar-refractivity contribution is 5.44. The van der Waals surface area contributed by atoms with Crippen LogP contribution in [-0.2, 0) is 11.7 Å². The Morgan fingerprint density at radius 2 is 1.62 bits per heavy atom. The zero-order chi connectivity index (χ0) is 11.0. The van der Waals surface area contributed by atoms with E-state index >= 15 is 0 Å². The van der Waals surface area contributed by atoms with Crippen LogP contribution in [0.2, 0.25) is 0 Å². The Bertz CT molecular complexity index is 472. The Morgan fingerprint density at radius 1 is 0.938 bits per heavy atom. The molecule has 79 valence electrons. The molecule has 1 aliphatic heterocycles. The Balaban J connectivity index is 2.18. The van der Waals surface area contributed by atoms with E-state index in [1.165, 1.54) is 0 Å². The highest BCUT2D eigenvalue weighted by Crippen LogP contribution is 2.35. The molecule has 16 heavy (non-hydrogen) atoms. The maximum Gasteiger partial charge on any atom is 0.147 e. The van der Waals surface area contributed by atoms with Crippen molar-refractivity contribution in [2.45, 2.75) is 12.7 Å². The molecule has 0 aromatic heterocycles. The normalized spacial score (nSPS) is 17.9. The van der Waals surface area contributed by atoms with Gasteiger partial charge in [-0.2, -0.15) is 0 Å². The number of fused-ring (bicyclic) bond motifs is 2. The second-order valence-corrected chi connectivity index (χ2v) is 3.91. The summed E-state index contributed by atoms with van der Waals surface area (Å²) >= 11 is 0. The lowest BCUT2D eigenvalue weighted by molar-refractivity contribution is 0.124. The maximum absolute atomic E-state index is 12.3. The largest absolute Gasteiger partial charge is 0.488 e. The molecular formula is C14H11O2. The fourth-order valence-corrected chi connectivity index (χ4v) is 2.07. The highest BCUT2D eigenvalue weighted by Gasteiger charge is 2.22. The summed E-state index contributed by atoms with van der Waals surface area (Å²) in [4.78, 5) is 0. The Morgan fingerprint density at radius 3 is 2.50 bits per heavy atom. The van der Waals surface area contributed by atoms with E-state index in [9.17, 15) is 5.11 Å². The van der Waals surface area contributed by atoms with Crippen LogP contribution in [0.25, 0.3) is 0 Å². The standard InChI is InChI=1S/C14H11O2/c15-14-11-6-2-1-5-10(11)9-16-13-8-4-3-7-12(13)14/h1-8,14H,9H2. The van der Waals surface area contributed by atoms with Crippen LogP contribution in [0.4, 0.5) is 0 Å². The number of hydrogen-bond acceptors (Lipinski definition) is 1. The van der Waals surface area contributed by atoms with Crippen molar-refractivity contribution < 1.29 is 9.84 Å². The van der Waals surface area contributed by atoms with Gasteiger partial charge in [-0.1, -0.05) is 42.5 Å². The first kappa shape index (κ1) is 9.43. The second kappa shape index (κ2) is 3.65. The molecule has 2 aromatic carbocycles. The van der Waals surface area contributed by atoms with Crippen molar-refractivity contribution in [3.8, 4) is 5.75 Å². The summed E-state index contributed by atoms with van der Waals surface area (Å²) in [5.41, 5.74) is 2.54. The minimum atomic E-state index is -0.838. The van der Waals surface area contributed by atoms with Crippen molar-refractivity contribution in [2.75, 3.05) is 0 Å². The van der Waals surface area contributed by atoms with Crippen molar-refractivity contribution in [3.63, 3.8) is 0 Å². The molecule has 1 heterocycles. The van der Waals surface area contributed by atoms with E-state index in [0.717, 1.165) is 16.7 Å². The van der Waals surface area contributed by atoms with Gasteiger partial charge < -0.3 is 4.74 Å². The van der Waals surface area contributed by atoms with Gasteiger partial charge in [-0.3, -0.25) is 0 Å². The van der Waals surface area contributed by atoms with Gasteiger partial charge in [-0.25, -0.2) is 5.11 Å². The van der Waals surface area contributed by atoms with Gasteiger partial charge in [0.2, 0.25) is 0 Å². The Hall–Kier alpha value is -1.80. The third-order valence-electron chi connectivity index (χ3n) is 2.92. The quantitative estimate of drug-likeness (QED) is 0.658. The average Bonchev–Trinajstić information content (AvgIpc) is 2.49. The molecule has 3 rings (SSSR count). The van der Waals surface area contributed by atoms with E-state index in [1.54, 1.807) is 0 Å². The smallest absolute Gasteiger partial charge is 0.147 e. The van der Waals surface area contributed by atoms with Crippen LogP contribution in [-0.4, -0.2) is 0 Å². The summed E-state index contributed by atoms with van der Waals surface area (Å²) in [6, 6.07) is 15.1. The minimum absolute atomic E-state index is 0.478. The molecule has 0 spiro atoms. The molecule has 1 aliphatic rings. The molecule has 2 heteroatoms. The summed E-state index contributed by atoms with van der Waals surface area (Å²) in [6.45, 7) is 0.478. The molecule has 0 N–H and O–H groups in total. The van der Waals surface area contributed by atoms with Crippen molar-refractivity contribution in [1.29, 1.82) is 0 Å². The topological polar surface area (TPSA) is 29.1 Å². The van der Waals surface area contributed by atoms with Crippen LogP contribution < -0.4 is 4.74 Å². The lowest BCUT2D eigenvalue weighted by Crippen LogP contribution is -1.99. The van der Waals surface area contributed by atoms with Crippen molar-refractivity contribution >= 4 is 0 Å². The van der Waals surface area contributed by atoms with E-state index < -0.39 is 6.10 Å². The van der Waals surface area contributed by atoms with Crippen molar-refractivity contribution in [1.82, 2.24) is 0 Å². The summed E-state index contributed by atoms with van der Waals surface area (Å²) in [5, 5.41) is 12.3. The number of benzene rings is 2. The molecule has 0 bridgehead atoms. The molecule has 0 fully saturated rings. The van der Waals surface area contributed by atoms with Gasteiger partial charge in [-0.05, 0) is 17.2 Å². The Labute approximate surface area is 94.1 Å². The SMILES string of the molecule is [O]C1c2ccccc2COc2ccccc21. The van der Waals surface area contributed by atoms with E-state index in [0.29, 0.717) is 12.4 Å². The van der Waals surface area contributed by atoms with Gasteiger partial charge in [-0.15, -0.1) is 0 Å². The molecular weight excluding hydrogens is 200 g/mol. The molecule has 0 amide bonds. The van der Waals surface area contributed by atoms with Crippen LogP contribution in [0.3, 0.4) is 0 Å². The van der Waals surface area contributed by atoms with E-state index in [2.05, 4.69) is 0 Å². The molecule has 0 saturated heterocycles. The van der Waals surface area contributed by atoms with Crippen LogP contribution in [0.15, 0.2) is 48.5 Å². The fourth-order valence-electron chi connectivity index (χ4n) is 2.07. The van der Waals surface area contributed by atoms with Gasteiger partial charge in [0.25, 0.3) is 0 Å². The first-order valence-corrected chi connectivity index (χ1v) is 5.31. The number of rotatable bonds is 0. The molecule has 0 aliphatic carbocycles. The van der Waals surface area contributed by atoms with Crippen LogP contribution in [0, 0.1) is 0 Å². The predicted molar refractivity (Wildman–Crippen MR) is 59.7 cm³/mol. The molecule has 1 radical (unpaired) electrons. The lowest BCUT2D eigenvalue weighted by atomic mass is 9.98.